The van der Waals surface area contributed by atoms with Gasteiger partial charge in [0.2, 0.25) is 0 Å². The Balaban J connectivity index is 2.28. The third-order valence-electron chi connectivity index (χ3n) is 4.56. The molecule has 8 heteroatoms. The van der Waals surface area contributed by atoms with Gasteiger partial charge in [-0.05, 0) is 37.0 Å². The highest BCUT2D eigenvalue weighted by atomic mass is 19.2. The highest BCUT2D eigenvalue weighted by Crippen LogP contribution is 2.27. The molecule has 0 saturated heterocycles. The van der Waals surface area contributed by atoms with Gasteiger partial charge in [-0.1, -0.05) is 30.3 Å². The van der Waals surface area contributed by atoms with Crippen LogP contribution in [0.1, 0.15) is 36.9 Å². The van der Waals surface area contributed by atoms with Gasteiger partial charge in [0, 0.05) is 12.1 Å². The molecule has 2 N–H and O–H groups in total. The van der Waals surface area contributed by atoms with Crippen LogP contribution in [0, 0.1) is 17.5 Å². The second-order valence-corrected chi connectivity index (χ2v) is 6.42. The van der Waals surface area contributed by atoms with E-state index in [1.54, 1.807) is 37.3 Å². The van der Waals surface area contributed by atoms with Gasteiger partial charge >= 0.3 is 12.1 Å². The molecule has 0 bridgehead atoms. The van der Waals surface area contributed by atoms with Crippen molar-refractivity contribution in [3.63, 3.8) is 0 Å². The smallest absolute Gasteiger partial charge is 0.408 e. The molecule has 2 aromatic rings. The van der Waals surface area contributed by atoms with Crippen LogP contribution in [0.25, 0.3) is 0 Å². The number of carbonyl (C=O) groups is 2. The SMILES string of the molecule is C[C@H](c1ccccc1)N(C(=O)O)[C@H](CCc1cc(F)c(F)cc1F)CC(=O)O. The zero-order valence-corrected chi connectivity index (χ0v) is 15.1. The van der Waals surface area contributed by atoms with Gasteiger partial charge in [0.15, 0.2) is 11.6 Å². The van der Waals surface area contributed by atoms with E-state index in [-0.39, 0.29) is 18.4 Å². The monoisotopic (exact) mass is 395 g/mol. The average Bonchev–Trinajstić information content (AvgIpc) is 2.63. The Morgan fingerprint density at radius 3 is 2.18 bits per heavy atom. The minimum atomic E-state index is -1.33. The molecule has 1 amide bonds. The van der Waals surface area contributed by atoms with Crippen LogP contribution in [0.3, 0.4) is 0 Å². The van der Waals surface area contributed by atoms with E-state index in [0.717, 1.165) is 4.90 Å². The topological polar surface area (TPSA) is 77.8 Å². The van der Waals surface area contributed by atoms with E-state index in [2.05, 4.69) is 0 Å². The maximum atomic E-state index is 13.9. The van der Waals surface area contributed by atoms with Gasteiger partial charge in [0.05, 0.1) is 12.5 Å². The molecule has 2 aromatic carbocycles. The zero-order chi connectivity index (χ0) is 20.8. The number of carboxylic acids is 1. The Labute approximate surface area is 160 Å². The van der Waals surface area contributed by atoms with E-state index in [1.807, 2.05) is 0 Å². The van der Waals surface area contributed by atoms with Crippen LogP contribution >= 0.6 is 0 Å². The van der Waals surface area contributed by atoms with Crippen molar-refractivity contribution in [1.29, 1.82) is 0 Å². The van der Waals surface area contributed by atoms with E-state index in [0.29, 0.717) is 17.7 Å². The summed E-state index contributed by atoms with van der Waals surface area (Å²) in [6, 6.07) is 8.13. The van der Waals surface area contributed by atoms with Gasteiger partial charge in [-0.2, -0.15) is 0 Å². The second kappa shape index (κ2) is 9.25. The fourth-order valence-corrected chi connectivity index (χ4v) is 3.15. The number of halogens is 3. The number of hydrogen-bond donors (Lipinski definition) is 2. The van der Waals surface area contributed by atoms with Gasteiger partial charge in [0.1, 0.15) is 5.82 Å². The molecule has 0 radical (unpaired) electrons. The molecule has 0 heterocycles. The molecule has 0 aliphatic rings. The molecular weight excluding hydrogens is 375 g/mol. The summed E-state index contributed by atoms with van der Waals surface area (Å²) in [5.41, 5.74) is 0.520. The summed E-state index contributed by atoms with van der Waals surface area (Å²) in [5.74, 6) is -4.74. The number of benzene rings is 2. The van der Waals surface area contributed by atoms with Crippen molar-refractivity contribution in [2.45, 2.75) is 38.3 Å². The Kier molecular flexibility index (Phi) is 7.03. The summed E-state index contributed by atoms with van der Waals surface area (Å²) in [7, 11) is 0. The fourth-order valence-electron chi connectivity index (χ4n) is 3.15. The lowest BCUT2D eigenvalue weighted by Gasteiger charge is -2.34. The average molecular weight is 395 g/mol. The molecule has 0 aromatic heterocycles. The molecule has 2 rings (SSSR count). The number of nitrogens with zero attached hydrogens (tertiary/aromatic N) is 1. The van der Waals surface area contributed by atoms with Crippen molar-refractivity contribution >= 4 is 12.1 Å². The third kappa shape index (κ3) is 5.25. The zero-order valence-electron chi connectivity index (χ0n) is 15.1. The van der Waals surface area contributed by atoms with E-state index < -0.39 is 48.0 Å². The molecule has 28 heavy (non-hydrogen) atoms. The molecule has 0 saturated carbocycles. The van der Waals surface area contributed by atoms with Gasteiger partial charge < -0.3 is 10.2 Å². The lowest BCUT2D eigenvalue weighted by Crippen LogP contribution is -2.42. The normalized spacial score (nSPS) is 13.0. The quantitative estimate of drug-likeness (QED) is 0.640. The summed E-state index contributed by atoms with van der Waals surface area (Å²) in [4.78, 5) is 24.1. The molecule has 0 aliphatic heterocycles. The van der Waals surface area contributed by atoms with Crippen LogP contribution in [0.4, 0.5) is 18.0 Å². The molecule has 150 valence electrons. The summed E-state index contributed by atoms with van der Waals surface area (Å²) < 4.78 is 40.3. The molecular formula is C20H20F3NO4. The van der Waals surface area contributed by atoms with Gasteiger partial charge in [0.25, 0.3) is 0 Å². The fraction of sp³-hybridized carbons (Fsp3) is 0.300. The van der Waals surface area contributed by atoms with Crippen LogP contribution in [-0.2, 0) is 11.2 Å². The number of rotatable bonds is 8. The minimum absolute atomic E-state index is 0.0717. The maximum absolute atomic E-state index is 13.9. The summed E-state index contributed by atoms with van der Waals surface area (Å²) in [6.07, 6.45) is -2.05. The summed E-state index contributed by atoms with van der Waals surface area (Å²) >= 11 is 0. The Morgan fingerprint density at radius 1 is 1.00 bits per heavy atom. The first-order valence-electron chi connectivity index (χ1n) is 8.62. The van der Waals surface area contributed by atoms with Crippen LogP contribution in [0.2, 0.25) is 0 Å². The van der Waals surface area contributed by atoms with E-state index >= 15 is 0 Å². The highest BCUT2D eigenvalue weighted by Gasteiger charge is 2.30. The lowest BCUT2D eigenvalue weighted by atomic mass is 9.98. The number of aryl methyl sites for hydroxylation is 1. The lowest BCUT2D eigenvalue weighted by molar-refractivity contribution is -0.138. The van der Waals surface area contributed by atoms with Crippen molar-refractivity contribution < 1.29 is 33.0 Å². The van der Waals surface area contributed by atoms with Crippen LogP contribution in [0.15, 0.2) is 42.5 Å². The van der Waals surface area contributed by atoms with E-state index in [1.165, 1.54) is 0 Å². The van der Waals surface area contributed by atoms with E-state index in [9.17, 15) is 33.0 Å². The first-order valence-corrected chi connectivity index (χ1v) is 8.62. The first-order chi connectivity index (χ1) is 13.2. The third-order valence-corrected chi connectivity index (χ3v) is 4.56. The number of carboxylic acid groups (broad SMARTS) is 2. The highest BCUT2D eigenvalue weighted by molar-refractivity contribution is 5.71. The predicted octanol–water partition coefficient (Wildman–Crippen LogP) is 4.62. The molecule has 0 spiro atoms. The second-order valence-electron chi connectivity index (χ2n) is 6.42. The van der Waals surface area contributed by atoms with E-state index in [4.69, 9.17) is 0 Å². The van der Waals surface area contributed by atoms with Crippen molar-refractivity contribution in [3.05, 3.63) is 71.0 Å². The Bertz CT molecular complexity index is 845. The molecule has 0 unspecified atom stereocenters. The van der Waals surface area contributed by atoms with Crippen LogP contribution in [-0.4, -0.2) is 33.2 Å². The van der Waals surface area contributed by atoms with Crippen molar-refractivity contribution in [2.24, 2.45) is 0 Å². The maximum Gasteiger partial charge on any atom is 0.408 e. The van der Waals surface area contributed by atoms with Crippen molar-refractivity contribution in [2.75, 3.05) is 0 Å². The van der Waals surface area contributed by atoms with Crippen LogP contribution in [0.5, 0.6) is 0 Å². The molecule has 0 aliphatic carbocycles. The Hall–Kier alpha value is -3.03. The predicted molar refractivity (Wildman–Crippen MR) is 95.4 cm³/mol. The Morgan fingerprint density at radius 2 is 1.61 bits per heavy atom. The molecule has 5 nitrogen and oxygen atoms in total. The number of aliphatic carboxylic acids is 1. The van der Waals surface area contributed by atoms with Gasteiger partial charge in [-0.3, -0.25) is 9.69 Å². The molecule has 0 fully saturated rings. The van der Waals surface area contributed by atoms with Crippen molar-refractivity contribution in [3.8, 4) is 0 Å². The van der Waals surface area contributed by atoms with Gasteiger partial charge in [-0.25, -0.2) is 18.0 Å². The summed E-state index contributed by atoms with van der Waals surface area (Å²) in [5, 5.41) is 18.9. The first kappa shape index (κ1) is 21.3. The number of amides is 1. The minimum Gasteiger partial charge on any atom is -0.481 e. The number of hydrogen-bond acceptors (Lipinski definition) is 2. The largest absolute Gasteiger partial charge is 0.481 e. The summed E-state index contributed by atoms with van der Waals surface area (Å²) in [6.45, 7) is 1.62. The van der Waals surface area contributed by atoms with Gasteiger partial charge in [-0.15, -0.1) is 0 Å². The standard InChI is InChI=1S/C20H20F3NO4/c1-12(13-5-3-2-4-6-13)24(20(27)28)15(10-19(25)26)8-7-14-9-17(22)18(23)11-16(14)21/h2-6,9,11-12,15H,7-8,10H2,1H3,(H,25,26)(H,27,28)/t12-,15-/m1/s1. The molecule has 2 atom stereocenters. The van der Waals surface area contributed by atoms with Crippen molar-refractivity contribution in [1.82, 2.24) is 4.90 Å². The van der Waals surface area contributed by atoms with Crippen LogP contribution < -0.4 is 0 Å².